The number of nitrogens with two attached hydrogens (primary N) is 1. The molecule has 2 unspecified atom stereocenters. The minimum atomic E-state index is -4.05. The first-order valence-corrected chi connectivity index (χ1v) is 17.4. The summed E-state index contributed by atoms with van der Waals surface area (Å²) in [6.45, 7) is -8.70. The first-order chi connectivity index (χ1) is 19.5. The van der Waals surface area contributed by atoms with Gasteiger partial charge in [-0.1, -0.05) is 17.5 Å². The Labute approximate surface area is 240 Å². The summed E-state index contributed by atoms with van der Waals surface area (Å²) in [7, 11) is 0. The van der Waals surface area contributed by atoms with Crippen LogP contribution in [0.4, 0.5) is 5.95 Å². The quantitative estimate of drug-likeness (QED) is 0.186. The molecule has 2 bridgehead atoms. The van der Waals surface area contributed by atoms with Crippen LogP contribution in [0.25, 0.3) is 11.2 Å². The molecule has 2 aliphatic heterocycles. The summed E-state index contributed by atoms with van der Waals surface area (Å²) < 4.78 is 48.7. The van der Waals surface area contributed by atoms with Crippen LogP contribution in [0.1, 0.15) is 19.1 Å². The van der Waals surface area contributed by atoms with E-state index in [2.05, 4.69) is 42.5 Å². The fourth-order valence-electron chi connectivity index (χ4n) is 4.90. The number of aromatic nitrogens is 7. The second kappa shape index (κ2) is 11.2. The van der Waals surface area contributed by atoms with Gasteiger partial charge in [-0.2, -0.15) is 9.67 Å². The lowest BCUT2D eigenvalue weighted by atomic mass is 10.1. The molecule has 2 saturated heterocycles. The molecule has 0 aromatic carbocycles. The fraction of sp³-hybridized carbons (Fsp3) is 0.579. The number of nitrogens with zero attached hydrogens (tertiary/aromatic N) is 6. The first kappa shape index (κ1) is 29.0. The molecule has 18 nitrogen and oxygen atoms in total. The Morgan fingerprint density at radius 1 is 1.24 bits per heavy atom. The summed E-state index contributed by atoms with van der Waals surface area (Å²) in [4.78, 5) is 37.5. The highest BCUT2D eigenvalue weighted by molar-refractivity contribution is 8.44. The molecule has 9 atom stereocenters. The van der Waals surface area contributed by atoms with E-state index in [0.717, 1.165) is 4.68 Å². The van der Waals surface area contributed by atoms with Crippen LogP contribution in [-0.4, -0.2) is 88.7 Å². The molecule has 222 valence electrons. The molecule has 22 heteroatoms. The molecular weight excluding hydrogens is 626 g/mol. The van der Waals surface area contributed by atoms with Gasteiger partial charge in [0.25, 0.3) is 5.56 Å². The van der Waals surface area contributed by atoms with E-state index in [4.69, 9.17) is 45.1 Å². The maximum atomic E-state index is 13.2. The van der Waals surface area contributed by atoms with E-state index in [9.17, 15) is 19.4 Å². The van der Waals surface area contributed by atoms with Gasteiger partial charge in [-0.05, 0) is 18.2 Å². The van der Waals surface area contributed by atoms with Gasteiger partial charge in [0.15, 0.2) is 17.4 Å². The molecule has 0 spiro atoms. The Bertz CT molecular complexity index is 1580. The average Bonchev–Trinajstić information content (AvgIpc) is 3.57. The highest BCUT2D eigenvalue weighted by Crippen LogP contribution is 2.58. The average molecular weight is 651 g/mol. The van der Waals surface area contributed by atoms with Gasteiger partial charge in [-0.25, -0.2) is 14.5 Å². The van der Waals surface area contributed by atoms with E-state index in [0.29, 0.717) is 12.3 Å². The van der Waals surface area contributed by atoms with Crippen LogP contribution in [0.15, 0.2) is 23.4 Å². The van der Waals surface area contributed by atoms with Crippen LogP contribution < -0.4 is 16.0 Å². The zero-order valence-corrected chi connectivity index (χ0v) is 24.3. The Morgan fingerprint density at radius 2 is 2.07 bits per heavy atom. The summed E-state index contributed by atoms with van der Waals surface area (Å²) in [6.07, 6.45) is -3.03. The third-order valence-corrected chi connectivity index (χ3v) is 9.91. The first-order valence-electron chi connectivity index (χ1n) is 12.2. The zero-order chi connectivity index (χ0) is 28.9. The maximum absolute atomic E-state index is 13.2. The number of nitrogens with one attached hydrogen (secondary N) is 1. The van der Waals surface area contributed by atoms with Crippen molar-refractivity contribution in [3.05, 3.63) is 28.9 Å². The van der Waals surface area contributed by atoms with Crippen molar-refractivity contribution >= 4 is 54.7 Å². The van der Waals surface area contributed by atoms with Crippen molar-refractivity contribution in [1.82, 2.24) is 34.9 Å². The van der Waals surface area contributed by atoms with Crippen molar-refractivity contribution in [3.8, 4) is 5.88 Å². The molecule has 0 radical (unpaired) electrons. The lowest BCUT2D eigenvalue weighted by Gasteiger charge is -2.27. The second-order valence-electron chi connectivity index (χ2n) is 9.47. The third kappa shape index (κ3) is 6.18. The smallest absolute Gasteiger partial charge is 0.386 e. The van der Waals surface area contributed by atoms with Crippen LogP contribution in [0.5, 0.6) is 5.88 Å². The maximum Gasteiger partial charge on any atom is 0.386 e. The SMILES string of the molecule is Nc1nc2c(nnn2[C@@H]2O[C@@H]3COP(=O)(S)O[C@H]4C[C@H](Oc5ccncn5)C[C@@H]4COP(O)(=S)O[C@@H]2[C@@H]3O)c(=O)[nH]1. The Hall–Kier alpha value is -2.09. The van der Waals surface area contributed by atoms with E-state index < -0.39 is 68.3 Å². The minimum absolute atomic E-state index is 0.0846. The number of aromatic amines is 1. The Kier molecular flexibility index (Phi) is 7.92. The summed E-state index contributed by atoms with van der Waals surface area (Å²) in [5.74, 6) is -0.341. The molecule has 41 heavy (non-hydrogen) atoms. The van der Waals surface area contributed by atoms with Crippen LogP contribution in [0.3, 0.4) is 0 Å². The fourth-order valence-corrected chi connectivity index (χ4v) is 7.91. The number of nitrogen functional groups attached to an aromatic ring is 1. The van der Waals surface area contributed by atoms with Gasteiger partial charge in [-0.3, -0.25) is 23.3 Å². The largest absolute Gasteiger partial charge is 0.474 e. The normalized spacial score (nSPS) is 38.1. The van der Waals surface area contributed by atoms with Gasteiger partial charge < -0.3 is 29.7 Å². The van der Waals surface area contributed by atoms with E-state index in [-0.39, 0.29) is 30.1 Å². The predicted octanol–water partition coefficient (Wildman–Crippen LogP) is 0.0746. The van der Waals surface area contributed by atoms with Gasteiger partial charge in [-0.15, -0.1) is 5.10 Å². The number of anilines is 1. The number of hydrogen-bond acceptors (Lipinski definition) is 16. The number of ether oxygens (including phenoxy) is 2. The summed E-state index contributed by atoms with van der Waals surface area (Å²) >= 11 is 9.38. The Morgan fingerprint density at radius 3 is 2.85 bits per heavy atom. The number of thiol groups is 1. The number of aliphatic hydroxyl groups excluding tert-OH is 1. The summed E-state index contributed by atoms with van der Waals surface area (Å²) in [5.41, 5.74) is 4.77. The van der Waals surface area contributed by atoms with Crippen LogP contribution in [0, 0.1) is 5.92 Å². The molecule has 5 N–H and O–H groups in total. The van der Waals surface area contributed by atoms with Crippen LogP contribution in [0.2, 0.25) is 0 Å². The molecule has 3 aromatic rings. The van der Waals surface area contributed by atoms with Crippen molar-refractivity contribution < 1.29 is 42.1 Å². The lowest BCUT2D eigenvalue weighted by Crippen LogP contribution is -2.35. The van der Waals surface area contributed by atoms with Gasteiger partial charge in [0, 0.05) is 24.6 Å². The molecule has 1 aliphatic carbocycles. The number of hydrogen-bond donors (Lipinski definition) is 5. The number of rotatable bonds is 3. The molecule has 3 aliphatic rings. The van der Waals surface area contributed by atoms with Crippen molar-refractivity contribution in [3.63, 3.8) is 0 Å². The number of H-pyrrole nitrogens is 1. The van der Waals surface area contributed by atoms with Gasteiger partial charge in [0.05, 0.1) is 19.3 Å². The van der Waals surface area contributed by atoms with Crippen molar-refractivity contribution in [2.45, 2.75) is 49.6 Å². The molecule has 1 saturated carbocycles. The van der Waals surface area contributed by atoms with E-state index in [1.807, 2.05) is 0 Å². The molecule has 3 aromatic heterocycles. The number of fused-ring (bicyclic) bond motifs is 4. The standard InChI is InChI=1S/C19H24N8O10P2S2/c20-19-23-16-13(17(29)24-19)25-26-27(16)18-15-14(28)11(35-18)6-33-38(30,40)36-10-4-9(34-12-1-2-21-7-22-12)3-8(10)5-32-39(31,41)37-15/h1-2,7-11,14-15,18,28H,3-6H2,(H,30,40)(H,31,41)(H3,20,23,24,29)/t8-,9-,10+,11-,14-,15-,18-,38?,39?/m1/s1. The molecule has 5 heterocycles. The lowest BCUT2D eigenvalue weighted by molar-refractivity contribution is -0.0558. The summed E-state index contributed by atoms with van der Waals surface area (Å²) in [6, 6.07) is 1.59. The Balaban J connectivity index is 1.28. The van der Waals surface area contributed by atoms with Crippen LogP contribution in [-0.2, 0) is 39.2 Å². The van der Waals surface area contributed by atoms with Gasteiger partial charge in [0.1, 0.15) is 30.7 Å². The molecular formula is C19H24N8O10P2S2. The van der Waals surface area contributed by atoms with Crippen molar-refractivity contribution in [2.24, 2.45) is 5.92 Å². The highest BCUT2D eigenvalue weighted by atomic mass is 32.7. The third-order valence-electron chi connectivity index (χ3n) is 6.71. The second-order valence-corrected chi connectivity index (χ2v) is 15.1. The monoisotopic (exact) mass is 650 g/mol. The highest BCUT2D eigenvalue weighted by Gasteiger charge is 2.51. The number of aliphatic hydroxyl groups is 1. The van der Waals surface area contributed by atoms with Crippen LogP contribution >= 0.6 is 25.8 Å². The van der Waals surface area contributed by atoms with E-state index in [1.165, 1.54) is 12.5 Å². The van der Waals surface area contributed by atoms with E-state index >= 15 is 0 Å². The summed E-state index contributed by atoms with van der Waals surface area (Å²) in [5, 5.41) is 18.8. The van der Waals surface area contributed by atoms with Crippen molar-refractivity contribution in [1.29, 1.82) is 0 Å². The zero-order valence-electron chi connectivity index (χ0n) is 20.8. The van der Waals surface area contributed by atoms with Crippen molar-refractivity contribution in [2.75, 3.05) is 18.9 Å². The molecule has 6 rings (SSSR count). The van der Waals surface area contributed by atoms with Gasteiger partial charge >= 0.3 is 13.5 Å². The topological polar surface area (TPSA) is 241 Å². The molecule has 0 amide bonds. The minimum Gasteiger partial charge on any atom is -0.474 e. The predicted molar refractivity (Wildman–Crippen MR) is 144 cm³/mol. The van der Waals surface area contributed by atoms with E-state index in [1.54, 1.807) is 6.07 Å². The van der Waals surface area contributed by atoms with Gasteiger partial charge in [0.2, 0.25) is 11.8 Å². The molecule has 3 fully saturated rings.